The molecule has 0 aromatic heterocycles. The molecule has 8 nitrogen and oxygen atoms in total. The predicted octanol–water partition coefficient (Wildman–Crippen LogP) is 3.70. The van der Waals surface area contributed by atoms with Crippen molar-refractivity contribution in [3.05, 3.63) is 47.7 Å². The molecule has 2 N–H and O–H groups in total. The molecule has 0 fully saturated rings. The number of ether oxygens (including phenoxy) is 3. The topological polar surface area (TPSA) is 111 Å². The van der Waals surface area contributed by atoms with Crippen LogP contribution in [0.1, 0.15) is 52.4 Å². The van der Waals surface area contributed by atoms with Crippen molar-refractivity contribution in [1.29, 1.82) is 0 Å². The van der Waals surface area contributed by atoms with E-state index in [4.69, 9.17) is 9.47 Å². The van der Waals surface area contributed by atoms with Gasteiger partial charge in [-0.25, -0.2) is 4.79 Å². The van der Waals surface area contributed by atoms with E-state index in [0.717, 1.165) is 32.8 Å². The van der Waals surface area contributed by atoms with Gasteiger partial charge in [-0.3, -0.25) is 9.59 Å². The molecule has 2 rings (SSSR count). The average Bonchev–Trinajstić information content (AvgIpc) is 2.77. The first-order valence-electron chi connectivity index (χ1n) is 11.2. The van der Waals surface area contributed by atoms with E-state index < -0.39 is 17.5 Å². The van der Waals surface area contributed by atoms with E-state index in [0.29, 0.717) is 48.8 Å². The molecule has 0 radical (unpaired) electrons. The molecule has 1 amide bonds. The van der Waals surface area contributed by atoms with Gasteiger partial charge in [0.1, 0.15) is 11.4 Å². The molecule has 8 heteroatoms. The summed E-state index contributed by atoms with van der Waals surface area (Å²) >= 11 is 0. The Bertz CT molecular complexity index is 906. The van der Waals surface area contributed by atoms with E-state index in [1.165, 1.54) is 6.92 Å². The number of benzene rings is 1. The smallest absolute Gasteiger partial charge is 0.396 e. The number of nitrogens with one attached hydrogen (secondary N) is 1. The maximum atomic E-state index is 11.8. The Morgan fingerprint density at radius 3 is 2.48 bits per heavy atom. The third-order valence-electron chi connectivity index (χ3n) is 5.25. The lowest BCUT2D eigenvalue weighted by Gasteiger charge is -2.32. The Morgan fingerprint density at radius 2 is 1.82 bits per heavy atom. The number of hydrogen-bond acceptors (Lipinski definition) is 7. The van der Waals surface area contributed by atoms with Gasteiger partial charge >= 0.3 is 11.9 Å². The van der Waals surface area contributed by atoms with Crippen molar-refractivity contribution < 1.29 is 33.7 Å². The van der Waals surface area contributed by atoms with Crippen LogP contribution in [0.5, 0.6) is 5.75 Å². The Morgan fingerprint density at radius 1 is 1.09 bits per heavy atom. The first-order valence-corrected chi connectivity index (χ1v) is 11.2. The Kier molecular flexibility index (Phi) is 10.1. The normalized spacial score (nSPS) is 17.5. The molecule has 1 aliphatic carbocycles. The fraction of sp³-hybridized carbons (Fsp3) is 0.480. The summed E-state index contributed by atoms with van der Waals surface area (Å²) in [6, 6.07) is 6.78. The largest absolute Gasteiger partial charge is 0.498 e. The number of methoxy groups -OCH3 is 1. The van der Waals surface area contributed by atoms with Crippen LogP contribution in [0, 0.1) is 0 Å². The third-order valence-corrected chi connectivity index (χ3v) is 5.25. The van der Waals surface area contributed by atoms with Gasteiger partial charge < -0.3 is 24.6 Å². The lowest BCUT2D eigenvalue weighted by atomic mass is 9.80. The number of allylic oxidation sites excluding steroid dienone is 2. The molecular formula is C25H33NO7. The number of rotatable bonds is 12. The molecule has 1 unspecified atom stereocenters. The quantitative estimate of drug-likeness (QED) is 0.278. The second-order valence-corrected chi connectivity index (χ2v) is 7.96. The minimum Gasteiger partial charge on any atom is -0.498 e. The number of anilines is 1. The molecule has 0 heterocycles. The average molecular weight is 460 g/mol. The third kappa shape index (κ3) is 8.05. The maximum Gasteiger partial charge on any atom is 0.396 e. The Hall–Kier alpha value is -3.13. The van der Waals surface area contributed by atoms with Gasteiger partial charge in [-0.2, -0.15) is 0 Å². The SMILES string of the molecule is CCCC1(O)CC(OCCCCCOc2cccc(NC(=O)C(=O)OC)c2)=CC=C1C(C)=O. The zero-order chi connectivity index (χ0) is 24.3. The number of Topliss-reactive ketones (excluding diaryl/α,β-unsaturated/α-hetero) is 1. The van der Waals surface area contributed by atoms with E-state index in [2.05, 4.69) is 10.1 Å². The summed E-state index contributed by atoms with van der Waals surface area (Å²) < 4.78 is 15.9. The molecule has 1 aromatic rings. The zero-order valence-electron chi connectivity index (χ0n) is 19.5. The minimum atomic E-state index is -1.15. The van der Waals surface area contributed by atoms with E-state index in [1.54, 1.807) is 36.4 Å². The first kappa shape index (κ1) is 26.1. The van der Waals surface area contributed by atoms with Crippen molar-refractivity contribution in [1.82, 2.24) is 0 Å². The highest BCUT2D eigenvalue weighted by molar-refractivity contribution is 6.37. The minimum absolute atomic E-state index is 0.113. The molecular weight excluding hydrogens is 426 g/mol. The van der Waals surface area contributed by atoms with Crippen molar-refractivity contribution >= 4 is 23.3 Å². The fourth-order valence-corrected chi connectivity index (χ4v) is 3.67. The van der Waals surface area contributed by atoms with Gasteiger partial charge in [0.2, 0.25) is 0 Å². The molecule has 0 saturated carbocycles. The van der Waals surface area contributed by atoms with Gasteiger partial charge in [0.25, 0.3) is 0 Å². The van der Waals surface area contributed by atoms with E-state index >= 15 is 0 Å². The zero-order valence-corrected chi connectivity index (χ0v) is 19.5. The van der Waals surface area contributed by atoms with Crippen LogP contribution < -0.4 is 10.1 Å². The lowest BCUT2D eigenvalue weighted by molar-refractivity contribution is -0.150. The second-order valence-electron chi connectivity index (χ2n) is 7.96. The summed E-state index contributed by atoms with van der Waals surface area (Å²) in [5.41, 5.74) is -0.256. The monoisotopic (exact) mass is 459 g/mol. The van der Waals surface area contributed by atoms with Crippen molar-refractivity contribution in [2.45, 2.75) is 58.0 Å². The molecule has 0 spiro atoms. The highest BCUT2D eigenvalue weighted by atomic mass is 16.5. The van der Waals surface area contributed by atoms with Crippen LogP contribution in [0.3, 0.4) is 0 Å². The summed E-state index contributed by atoms with van der Waals surface area (Å²) in [7, 11) is 1.15. The summed E-state index contributed by atoms with van der Waals surface area (Å²) in [6.07, 6.45) is 7.58. The molecule has 0 aliphatic heterocycles. The molecule has 1 aromatic carbocycles. The number of aliphatic hydroxyl groups is 1. The first-order chi connectivity index (χ1) is 15.8. The van der Waals surface area contributed by atoms with Crippen molar-refractivity contribution in [2.24, 2.45) is 0 Å². The van der Waals surface area contributed by atoms with Gasteiger partial charge in [0.15, 0.2) is 5.78 Å². The molecule has 0 bridgehead atoms. The van der Waals surface area contributed by atoms with Gasteiger partial charge in [-0.15, -0.1) is 0 Å². The van der Waals surface area contributed by atoms with Gasteiger partial charge in [-0.05, 0) is 56.9 Å². The van der Waals surface area contributed by atoms with Crippen molar-refractivity contribution in [3.63, 3.8) is 0 Å². The predicted molar refractivity (Wildman–Crippen MR) is 124 cm³/mol. The summed E-state index contributed by atoms with van der Waals surface area (Å²) in [5.74, 6) is -0.637. The molecule has 1 aliphatic rings. The highest BCUT2D eigenvalue weighted by Crippen LogP contribution is 2.34. The maximum absolute atomic E-state index is 11.8. The Balaban J connectivity index is 1.69. The van der Waals surface area contributed by atoms with Crippen molar-refractivity contribution in [2.75, 3.05) is 25.6 Å². The summed E-state index contributed by atoms with van der Waals surface area (Å²) in [4.78, 5) is 34.6. The van der Waals surface area contributed by atoms with Crippen LogP contribution in [0.25, 0.3) is 0 Å². The second kappa shape index (κ2) is 12.8. The van der Waals surface area contributed by atoms with E-state index in [9.17, 15) is 19.5 Å². The van der Waals surface area contributed by atoms with Crippen molar-refractivity contribution in [3.8, 4) is 5.75 Å². The Labute approximate surface area is 194 Å². The summed E-state index contributed by atoms with van der Waals surface area (Å²) in [6.45, 7) is 4.47. The number of carbonyl (C=O) groups is 3. The highest BCUT2D eigenvalue weighted by Gasteiger charge is 2.36. The van der Waals surface area contributed by atoms with Crippen LogP contribution in [0.4, 0.5) is 5.69 Å². The van der Waals surface area contributed by atoms with E-state index in [-0.39, 0.29) is 5.78 Å². The number of hydrogen-bond donors (Lipinski definition) is 2. The van der Waals surface area contributed by atoms with Crippen LogP contribution in [-0.4, -0.2) is 48.7 Å². The van der Waals surface area contributed by atoms with Gasteiger partial charge in [-0.1, -0.05) is 19.4 Å². The number of esters is 1. The number of unbranched alkanes of at least 4 members (excludes halogenated alkanes) is 2. The molecule has 1 atom stereocenters. The molecule has 180 valence electrons. The summed E-state index contributed by atoms with van der Waals surface area (Å²) in [5, 5.41) is 13.3. The molecule has 33 heavy (non-hydrogen) atoms. The molecule has 0 saturated heterocycles. The number of carbonyl (C=O) groups excluding carboxylic acids is 3. The van der Waals surface area contributed by atoms with Crippen LogP contribution in [-0.2, 0) is 23.9 Å². The van der Waals surface area contributed by atoms with Crippen LogP contribution in [0.2, 0.25) is 0 Å². The lowest BCUT2D eigenvalue weighted by Crippen LogP contribution is -2.36. The van der Waals surface area contributed by atoms with Crippen LogP contribution >= 0.6 is 0 Å². The van der Waals surface area contributed by atoms with Gasteiger partial charge in [0, 0.05) is 23.7 Å². The fourth-order valence-electron chi connectivity index (χ4n) is 3.67. The van der Waals surface area contributed by atoms with E-state index in [1.807, 2.05) is 6.92 Å². The van der Waals surface area contributed by atoms with Gasteiger partial charge in [0.05, 0.1) is 26.1 Å². The number of ketones is 1. The van der Waals surface area contributed by atoms with Crippen LogP contribution in [0.15, 0.2) is 47.7 Å². The number of amides is 1. The standard InChI is InChI=1S/C25H33NO7/c1-4-13-25(30)17-21(11-12-22(25)18(2)27)33-15-7-5-6-14-32-20-10-8-9-19(16-20)26-23(28)24(29)31-3/h8-12,16,30H,4-7,13-15,17H2,1-3H3,(H,26,28).